The summed E-state index contributed by atoms with van der Waals surface area (Å²) in [7, 11) is 5.33. The summed E-state index contributed by atoms with van der Waals surface area (Å²) in [5.74, 6) is -0.00471. The summed E-state index contributed by atoms with van der Waals surface area (Å²) in [6, 6.07) is 14.8. The molecule has 3 aromatic rings. The minimum atomic E-state index is -0.142. The molecule has 0 fully saturated rings. The number of hydrogen-bond acceptors (Lipinski definition) is 4. The van der Waals surface area contributed by atoms with E-state index < -0.39 is 0 Å². The van der Waals surface area contributed by atoms with Crippen LogP contribution in [0.25, 0.3) is 11.0 Å². The van der Waals surface area contributed by atoms with Crippen molar-refractivity contribution in [2.45, 2.75) is 5.16 Å². The molecule has 6 nitrogen and oxygen atoms in total. The molecule has 0 spiro atoms. The van der Waals surface area contributed by atoms with Gasteiger partial charge < -0.3 is 14.8 Å². The topological polar surface area (TPSA) is 67.2 Å². The third kappa shape index (κ3) is 3.88. The molecule has 0 atom stereocenters. The number of aryl methyl sites for hydroxylation is 1. The molecule has 1 aromatic heterocycles. The highest BCUT2D eigenvalue weighted by atomic mass is 32.2. The Hall–Kier alpha value is -2.80. The van der Waals surface area contributed by atoms with Gasteiger partial charge in [-0.2, -0.15) is 0 Å². The summed E-state index contributed by atoms with van der Waals surface area (Å²) in [4.78, 5) is 30.3. The first-order chi connectivity index (χ1) is 12.5. The molecule has 0 bridgehead atoms. The van der Waals surface area contributed by atoms with Crippen LogP contribution in [0.2, 0.25) is 0 Å². The molecule has 0 aliphatic rings. The first-order valence-electron chi connectivity index (χ1n) is 8.11. The monoisotopic (exact) mass is 368 g/mol. The van der Waals surface area contributed by atoms with E-state index in [1.165, 1.54) is 16.7 Å². The van der Waals surface area contributed by atoms with Crippen LogP contribution < -0.4 is 5.32 Å². The first kappa shape index (κ1) is 18.0. The zero-order valence-electron chi connectivity index (χ0n) is 14.9. The van der Waals surface area contributed by atoms with Gasteiger partial charge in [-0.25, -0.2) is 4.98 Å². The molecule has 26 heavy (non-hydrogen) atoms. The third-order valence-electron chi connectivity index (χ3n) is 3.88. The van der Waals surface area contributed by atoms with E-state index in [-0.39, 0.29) is 17.6 Å². The van der Waals surface area contributed by atoms with Crippen molar-refractivity contribution >= 4 is 40.3 Å². The molecule has 3 rings (SSSR count). The standard InChI is InChI=1S/C19H20N4O2S/c1-22(2)18(25)13-7-6-8-14(11-13)20-17(24)12-26-19-21-15-9-4-5-10-16(15)23(19)3/h4-11H,12H2,1-3H3,(H,20,24). The summed E-state index contributed by atoms with van der Waals surface area (Å²) in [6.07, 6.45) is 0. The summed E-state index contributed by atoms with van der Waals surface area (Å²) in [5, 5.41) is 3.62. The summed E-state index contributed by atoms with van der Waals surface area (Å²) in [6.45, 7) is 0. The lowest BCUT2D eigenvalue weighted by Gasteiger charge is -2.11. The van der Waals surface area contributed by atoms with Crippen molar-refractivity contribution in [2.24, 2.45) is 7.05 Å². The smallest absolute Gasteiger partial charge is 0.253 e. The van der Waals surface area contributed by atoms with E-state index >= 15 is 0 Å². The normalized spacial score (nSPS) is 10.7. The molecule has 2 aromatic carbocycles. The van der Waals surface area contributed by atoms with Gasteiger partial charge in [0.05, 0.1) is 16.8 Å². The van der Waals surface area contributed by atoms with Crippen LogP contribution in [0.15, 0.2) is 53.7 Å². The van der Waals surface area contributed by atoms with Gasteiger partial charge in [0, 0.05) is 32.4 Å². The van der Waals surface area contributed by atoms with Gasteiger partial charge in [0.1, 0.15) is 0 Å². The summed E-state index contributed by atoms with van der Waals surface area (Å²) >= 11 is 1.38. The molecule has 7 heteroatoms. The SMILES string of the molecule is CN(C)C(=O)c1cccc(NC(=O)CSc2nc3ccccc3n2C)c1. The molecule has 0 radical (unpaired) electrons. The number of carbonyl (C=O) groups is 2. The van der Waals surface area contributed by atoms with E-state index in [2.05, 4.69) is 10.3 Å². The van der Waals surface area contributed by atoms with E-state index in [1.54, 1.807) is 38.4 Å². The van der Waals surface area contributed by atoms with Crippen molar-refractivity contribution in [3.8, 4) is 0 Å². The van der Waals surface area contributed by atoms with Crippen molar-refractivity contribution < 1.29 is 9.59 Å². The van der Waals surface area contributed by atoms with Gasteiger partial charge in [-0.05, 0) is 30.3 Å². The third-order valence-corrected chi connectivity index (χ3v) is 4.91. The molecule has 0 saturated carbocycles. The Bertz CT molecular complexity index is 965. The van der Waals surface area contributed by atoms with Gasteiger partial charge in [-0.3, -0.25) is 9.59 Å². The van der Waals surface area contributed by atoms with Crippen LogP contribution in [0.3, 0.4) is 0 Å². The molecule has 1 N–H and O–H groups in total. The highest BCUT2D eigenvalue weighted by Gasteiger charge is 2.12. The lowest BCUT2D eigenvalue weighted by atomic mass is 10.2. The van der Waals surface area contributed by atoms with Gasteiger partial charge in [-0.1, -0.05) is 30.0 Å². The highest BCUT2D eigenvalue weighted by molar-refractivity contribution is 7.99. The highest BCUT2D eigenvalue weighted by Crippen LogP contribution is 2.23. The number of rotatable bonds is 5. The van der Waals surface area contributed by atoms with Crippen LogP contribution in [-0.2, 0) is 11.8 Å². The number of carbonyl (C=O) groups excluding carboxylic acids is 2. The van der Waals surface area contributed by atoms with Crippen LogP contribution >= 0.6 is 11.8 Å². The number of nitrogens with zero attached hydrogens (tertiary/aromatic N) is 3. The maximum absolute atomic E-state index is 12.3. The minimum absolute atomic E-state index is 0.102. The lowest BCUT2D eigenvalue weighted by molar-refractivity contribution is -0.113. The minimum Gasteiger partial charge on any atom is -0.345 e. The fraction of sp³-hybridized carbons (Fsp3) is 0.211. The fourth-order valence-electron chi connectivity index (χ4n) is 2.57. The predicted octanol–water partition coefficient (Wildman–Crippen LogP) is 3.01. The number of amides is 2. The Morgan fingerprint density at radius 1 is 1.15 bits per heavy atom. The Morgan fingerprint density at radius 3 is 2.65 bits per heavy atom. The van der Waals surface area contributed by atoms with E-state index in [1.807, 2.05) is 35.9 Å². The number of benzene rings is 2. The van der Waals surface area contributed by atoms with Crippen molar-refractivity contribution in [1.82, 2.24) is 14.5 Å². The number of anilines is 1. The van der Waals surface area contributed by atoms with Crippen LogP contribution in [0.4, 0.5) is 5.69 Å². The molecular formula is C19H20N4O2S. The fourth-order valence-corrected chi connectivity index (χ4v) is 3.36. The number of thioether (sulfide) groups is 1. The van der Waals surface area contributed by atoms with E-state index in [0.29, 0.717) is 11.3 Å². The van der Waals surface area contributed by atoms with E-state index in [9.17, 15) is 9.59 Å². The Labute approximate surface area is 156 Å². The van der Waals surface area contributed by atoms with Gasteiger partial charge in [0.25, 0.3) is 5.91 Å². The Balaban J connectivity index is 1.65. The number of para-hydroxylation sites is 2. The summed E-state index contributed by atoms with van der Waals surface area (Å²) < 4.78 is 1.98. The predicted molar refractivity (Wildman–Crippen MR) is 105 cm³/mol. The van der Waals surface area contributed by atoms with Crippen LogP contribution in [0.1, 0.15) is 10.4 Å². The van der Waals surface area contributed by atoms with Gasteiger partial charge in [-0.15, -0.1) is 0 Å². The molecule has 1 heterocycles. The maximum Gasteiger partial charge on any atom is 0.253 e. The number of nitrogens with one attached hydrogen (secondary N) is 1. The number of fused-ring (bicyclic) bond motifs is 1. The van der Waals surface area contributed by atoms with E-state index in [4.69, 9.17) is 0 Å². The van der Waals surface area contributed by atoms with Crippen molar-refractivity contribution in [1.29, 1.82) is 0 Å². The van der Waals surface area contributed by atoms with Crippen molar-refractivity contribution in [2.75, 3.05) is 25.2 Å². The second kappa shape index (κ2) is 7.61. The quantitative estimate of drug-likeness (QED) is 0.703. The zero-order valence-corrected chi connectivity index (χ0v) is 15.7. The zero-order chi connectivity index (χ0) is 18.7. The van der Waals surface area contributed by atoms with Crippen LogP contribution in [0, 0.1) is 0 Å². The van der Waals surface area contributed by atoms with Gasteiger partial charge >= 0.3 is 0 Å². The Morgan fingerprint density at radius 2 is 1.92 bits per heavy atom. The van der Waals surface area contributed by atoms with Gasteiger partial charge in [0.15, 0.2) is 5.16 Å². The average molecular weight is 368 g/mol. The molecule has 0 aliphatic carbocycles. The van der Waals surface area contributed by atoms with Crippen LogP contribution in [0.5, 0.6) is 0 Å². The lowest BCUT2D eigenvalue weighted by Crippen LogP contribution is -2.22. The van der Waals surface area contributed by atoms with Crippen molar-refractivity contribution in [3.05, 3.63) is 54.1 Å². The number of imidazole rings is 1. The second-order valence-corrected chi connectivity index (χ2v) is 7.00. The Kier molecular flexibility index (Phi) is 5.27. The van der Waals surface area contributed by atoms with Crippen molar-refractivity contribution in [3.63, 3.8) is 0 Å². The van der Waals surface area contributed by atoms with Crippen LogP contribution in [-0.4, -0.2) is 46.1 Å². The first-order valence-corrected chi connectivity index (χ1v) is 9.10. The second-order valence-electron chi connectivity index (χ2n) is 6.06. The molecule has 0 aliphatic heterocycles. The maximum atomic E-state index is 12.3. The molecule has 0 saturated heterocycles. The number of hydrogen-bond donors (Lipinski definition) is 1. The molecule has 2 amide bonds. The summed E-state index contributed by atoms with van der Waals surface area (Å²) in [5.41, 5.74) is 3.09. The van der Waals surface area contributed by atoms with Gasteiger partial charge in [0.2, 0.25) is 5.91 Å². The average Bonchev–Trinajstić information content (AvgIpc) is 2.96. The number of aromatic nitrogens is 2. The largest absolute Gasteiger partial charge is 0.345 e. The van der Waals surface area contributed by atoms with E-state index in [0.717, 1.165) is 16.2 Å². The molecule has 134 valence electrons. The molecule has 0 unspecified atom stereocenters. The molecular weight excluding hydrogens is 348 g/mol.